The van der Waals surface area contributed by atoms with Crippen LogP contribution < -0.4 is 9.88 Å². The van der Waals surface area contributed by atoms with Crippen LogP contribution in [0.2, 0.25) is 0 Å². The Morgan fingerprint density at radius 3 is 2.38 bits per heavy atom. The Bertz CT molecular complexity index is 1050. The lowest BCUT2D eigenvalue weighted by Crippen LogP contribution is -2.36. The van der Waals surface area contributed by atoms with Crippen LogP contribution in [0.3, 0.4) is 0 Å². The summed E-state index contributed by atoms with van der Waals surface area (Å²) in [6.07, 6.45) is 0. The number of carbonyl (C=O) groups excluding carboxylic acids is 1. The molecule has 0 saturated heterocycles. The number of fused-ring (bicyclic) bond motifs is 1. The molecule has 0 saturated carbocycles. The number of aromatic amines is 1. The van der Waals surface area contributed by atoms with Crippen LogP contribution in [0.15, 0.2) is 78.9 Å². The maximum atomic E-state index is 12.3. The van der Waals surface area contributed by atoms with Crippen molar-refractivity contribution in [3.63, 3.8) is 0 Å². The fraction of sp³-hybridized carbons (Fsp3) is 0.0909. The molecule has 2 N–H and O–H groups in total. The van der Waals surface area contributed by atoms with Crippen molar-refractivity contribution in [1.29, 1.82) is 0 Å². The van der Waals surface area contributed by atoms with Crippen molar-refractivity contribution >= 4 is 22.6 Å². The Kier molecular flexibility index (Phi) is 4.23. The number of aryl methyl sites for hydroxylation is 1. The van der Waals surface area contributed by atoms with Crippen LogP contribution in [-0.4, -0.2) is 10.9 Å². The van der Waals surface area contributed by atoms with Gasteiger partial charge in [-0.3, -0.25) is 4.79 Å². The number of rotatable bonds is 4. The summed E-state index contributed by atoms with van der Waals surface area (Å²) < 4.78 is 2.24. The van der Waals surface area contributed by atoms with Gasteiger partial charge in [0.15, 0.2) is 11.0 Å². The minimum Gasteiger partial charge on any atom is -0.322 e. The summed E-state index contributed by atoms with van der Waals surface area (Å²) in [6.45, 7) is 2.87. The van der Waals surface area contributed by atoms with Crippen molar-refractivity contribution in [1.82, 2.24) is 4.98 Å². The van der Waals surface area contributed by atoms with E-state index < -0.39 is 0 Å². The third-order valence-corrected chi connectivity index (χ3v) is 4.49. The molecule has 4 nitrogen and oxygen atoms in total. The zero-order chi connectivity index (χ0) is 17.9. The molecule has 0 fully saturated rings. The standard InChI is InChI=1S/C22H19N3O/c1-16-23-20-14-19(24-22(26)18-10-6-3-7-11-18)12-13-21(20)25(16)15-17-8-4-2-5-9-17/h2-14H,15H2,1H3,(H,24,26)/p+1. The monoisotopic (exact) mass is 342 g/mol. The third-order valence-electron chi connectivity index (χ3n) is 4.49. The SMILES string of the molecule is Cc1[nH]c2cc(NC(=O)c3ccccc3)ccc2[n+]1Cc1ccccc1. The molecule has 0 spiro atoms. The zero-order valence-corrected chi connectivity index (χ0v) is 14.6. The molecule has 4 heteroatoms. The van der Waals surface area contributed by atoms with Crippen LogP contribution in [0.1, 0.15) is 21.7 Å². The molecule has 0 unspecified atom stereocenters. The quantitative estimate of drug-likeness (QED) is 0.540. The van der Waals surface area contributed by atoms with Crippen molar-refractivity contribution in [3.8, 4) is 0 Å². The van der Waals surface area contributed by atoms with Gasteiger partial charge in [0.25, 0.3) is 11.7 Å². The lowest BCUT2D eigenvalue weighted by Gasteiger charge is -2.05. The average molecular weight is 342 g/mol. The Balaban J connectivity index is 1.61. The van der Waals surface area contributed by atoms with Crippen LogP contribution in [0.5, 0.6) is 0 Å². The molecular weight excluding hydrogens is 322 g/mol. The summed E-state index contributed by atoms with van der Waals surface area (Å²) in [5.74, 6) is 0.973. The predicted octanol–water partition coefficient (Wildman–Crippen LogP) is 4.06. The average Bonchev–Trinajstić information content (AvgIpc) is 2.98. The van der Waals surface area contributed by atoms with Gasteiger partial charge in [0.05, 0.1) is 0 Å². The van der Waals surface area contributed by atoms with Crippen molar-refractivity contribution in [2.45, 2.75) is 13.5 Å². The Hall–Kier alpha value is -3.40. The van der Waals surface area contributed by atoms with Gasteiger partial charge in [-0.05, 0) is 29.8 Å². The second-order valence-electron chi connectivity index (χ2n) is 6.33. The first-order valence-electron chi connectivity index (χ1n) is 8.63. The van der Waals surface area contributed by atoms with E-state index in [2.05, 4.69) is 46.1 Å². The normalized spacial score (nSPS) is 10.8. The maximum Gasteiger partial charge on any atom is 0.255 e. The van der Waals surface area contributed by atoms with E-state index in [0.29, 0.717) is 5.56 Å². The van der Waals surface area contributed by atoms with Gasteiger partial charge in [-0.25, -0.2) is 9.55 Å². The topological polar surface area (TPSA) is 48.8 Å². The predicted molar refractivity (Wildman–Crippen MR) is 103 cm³/mol. The number of nitrogens with one attached hydrogen (secondary N) is 2. The number of H-pyrrole nitrogens is 1. The summed E-state index contributed by atoms with van der Waals surface area (Å²) in [7, 11) is 0. The number of hydrogen-bond acceptors (Lipinski definition) is 1. The summed E-state index contributed by atoms with van der Waals surface area (Å²) in [6, 6.07) is 25.6. The zero-order valence-electron chi connectivity index (χ0n) is 14.6. The molecule has 0 aliphatic rings. The fourth-order valence-electron chi connectivity index (χ4n) is 3.15. The number of carbonyl (C=O) groups is 1. The molecule has 1 aromatic heterocycles. The second kappa shape index (κ2) is 6.84. The summed E-state index contributed by atoms with van der Waals surface area (Å²) in [5.41, 5.74) is 4.80. The molecule has 0 radical (unpaired) electrons. The molecule has 3 aromatic carbocycles. The number of benzene rings is 3. The highest BCUT2D eigenvalue weighted by Crippen LogP contribution is 2.17. The third kappa shape index (κ3) is 3.22. The molecule has 4 rings (SSSR count). The molecular formula is C22H20N3O+. The van der Waals surface area contributed by atoms with Crippen LogP contribution in [0.25, 0.3) is 11.0 Å². The molecule has 0 bridgehead atoms. The van der Waals surface area contributed by atoms with Gasteiger partial charge in [0, 0.05) is 24.2 Å². The van der Waals surface area contributed by atoms with Crippen LogP contribution in [0.4, 0.5) is 5.69 Å². The highest BCUT2D eigenvalue weighted by molar-refractivity contribution is 6.04. The van der Waals surface area contributed by atoms with Crippen molar-refractivity contribution in [3.05, 3.63) is 95.8 Å². The van der Waals surface area contributed by atoms with Gasteiger partial charge in [-0.15, -0.1) is 0 Å². The van der Waals surface area contributed by atoms with Gasteiger partial charge in [-0.2, -0.15) is 0 Å². The minimum absolute atomic E-state index is 0.106. The summed E-state index contributed by atoms with van der Waals surface area (Å²) in [4.78, 5) is 15.7. The van der Waals surface area contributed by atoms with E-state index in [1.54, 1.807) is 12.1 Å². The molecule has 128 valence electrons. The Morgan fingerprint density at radius 1 is 0.962 bits per heavy atom. The van der Waals surface area contributed by atoms with Crippen molar-refractivity contribution in [2.75, 3.05) is 5.32 Å². The van der Waals surface area contributed by atoms with Crippen LogP contribution in [-0.2, 0) is 6.54 Å². The lowest BCUT2D eigenvalue weighted by atomic mass is 10.2. The van der Waals surface area contributed by atoms with Crippen molar-refractivity contribution in [2.24, 2.45) is 0 Å². The van der Waals surface area contributed by atoms with E-state index in [4.69, 9.17) is 0 Å². The smallest absolute Gasteiger partial charge is 0.255 e. The number of anilines is 1. The van der Waals surface area contributed by atoms with Crippen LogP contribution in [0, 0.1) is 6.92 Å². The van der Waals surface area contributed by atoms with Gasteiger partial charge in [0.2, 0.25) is 0 Å². The molecule has 1 heterocycles. The number of amides is 1. The fourth-order valence-corrected chi connectivity index (χ4v) is 3.15. The van der Waals surface area contributed by atoms with Gasteiger partial charge >= 0.3 is 0 Å². The first kappa shape index (κ1) is 16.1. The van der Waals surface area contributed by atoms with Gasteiger partial charge in [0.1, 0.15) is 6.54 Å². The maximum absolute atomic E-state index is 12.3. The first-order valence-corrected chi connectivity index (χ1v) is 8.63. The largest absolute Gasteiger partial charge is 0.322 e. The summed E-state index contributed by atoms with van der Waals surface area (Å²) >= 11 is 0. The molecule has 26 heavy (non-hydrogen) atoms. The van der Waals surface area contributed by atoms with Crippen LogP contribution >= 0.6 is 0 Å². The molecule has 0 atom stereocenters. The van der Waals surface area contributed by atoms with E-state index in [9.17, 15) is 4.79 Å². The molecule has 0 aliphatic heterocycles. The molecule has 4 aromatic rings. The number of aromatic nitrogens is 2. The second-order valence-corrected chi connectivity index (χ2v) is 6.33. The van der Waals surface area contributed by atoms with Crippen molar-refractivity contribution < 1.29 is 9.36 Å². The van der Waals surface area contributed by atoms with E-state index in [1.807, 2.05) is 42.5 Å². The highest BCUT2D eigenvalue weighted by atomic mass is 16.1. The van der Waals surface area contributed by atoms with E-state index in [1.165, 1.54) is 5.56 Å². The molecule has 1 amide bonds. The van der Waals surface area contributed by atoms with E-state index in [0.717, 1.165) is 29.1 Å². The Morgan fingerprint density at radius 2 is 1.65 bits per heavy atom. The number of hydrogen-bond donors (Lipinski definition) is 2. The van der Waals surface area contributed by atoms with Gasteiger partial charge in [-0.1, -0.05) is 48.5 Å². The molecule has 0 aliphatic carbocycles. The Labute approximate surface area is 152 Å². The van der Waals surface area contributed by atoms with Gasteiger partial charge < -0.3 is 5.32 Å². The van der Waals surface area contributed by atoms with E-state index in [-0.39, 0.29) is 5.91 Å². The summed E-state index contributed by atoms with van der Waals surface area (Å²) in [5, 5.41) is 2.96. The first-order chi connectivity index (χ1) is 12.7. The number of nitrogens with zero attached hydrogens (tertiary/aromatic N) is 1. The minimum atomic E-state index is -0.106. The highest BCUT2D eigenvalue weighted by Gasteiger charge is 2.16. The lowest BCUT2D eigenvalue weighted by molar-refractivity contribution is -0.668. The number of imidazole rings is 1. The van der Waals surface area contributed by atoms with E-state index >= 15 is 0 Å².